The summed E-state index contributed by atoms with van der Waals surface area (Å²) >= 11 is 0. The highest BCUT2D eigenvalue weighted by Crippen LogP contribution is 2.36. The normalized spacial score (nSPS) is 27.5. The molecule has 0 spiro atoms. The van der Waals surface area contributed by atoms with E-state index in [9.17, 15) is 4.79 Å². The van der Waals surface area contributed by atoms with E-state index < -0.39 is 0 Å². The Kier molecular flexibility index (Phi) is 2.38. The Balaban J connectivity index is 2.10. The lowest BCUT2D eigenvalue weighted by Gasteiger charge is -2.13. The summed E-state index contributed by atoms with van der Waals surface area (Å²) in [5.74, 6) is 1.24. The third-order valence-electron chi connectivity index (χ3n) is 2.91. The Labute approximate surface area is 79.0 Å². The maximum atomic E-state index is 11.7. The molecule has 0 aromatic rings. The second kappa shape index (κ2) is 3.52. The number of allylic oxidation sites excluding steroid dienone is 2. The van der Waals surface area contributed by atoms with Crippen LogP contribution in [-0.2, 0) is 9.53 Å². The molecule has 0 amide bonds. The van der Waals surface area contributed by atoms with Crippen molar-refractivity contribution in [3.05, 3.63) is 11.3 Å². The van der Waals surface area contributed by atoms with Crippen molar-refractivity contribution < 1.29 is 9.53 Å². The fraction of sp³-hybridized carbons (Fsp3) is 0.727. The van der Waals surface area contributed by atoms with Crippen LogP contribution in [0.3, 0.4) is 0 Å². The van der Waals surface area contributed by atoms with E-state index in [1.807, 2.05) is 0 Å². The SMILES string of the molecule is CCC[C@@H]1CC2=C(OCCC2)C1=O. The number of carbonyl (C=O) groups is 1. The molecule has 1 aliphatic heterocycles. The molecule has 0 aromatic heterocycles. The molecule has 2 aliphatic rings. The quantitative estimate of drug-likeness (QED) is 0.652. The number of hydrogen-bond donors (Lipinski definition) is 0. The van der Waals surface area contributed by atoms with Crippen molar-refractivity contribution in [2.75, 3.05) is 6.61 Å². The Morgan fingerprint density at radius 3 is 3.08 bits per heavy atom. The summed E-state index contributed by atoms with van der Waals surface area (Å²) in [6.07, 6.45) is 5.26. The number of rotatable bonds is 2. The lowest BCUT2D eigenvalue weighted by molar-refractivity contribution is -0.121. The van der Waals surface area contributed by atoms with Crippen molar-refractivity contribution >= 4 is 5.78 Å². The van der Waals surface area contributed by atoms with Crippen molar-refractivity contribution in [3.63, 3.8) is 0 Å². The molecule has 2 nitrogen and oxygen atoms in total. The van der Waals surface area contributed by atoms with Crippen LogP contribution in [0.15, 0.2) is 11.3 Å². The summed E-state index contributed by atoms with van der Waals surface area (Å²) in [6, 6.07) is 0. The third-order valence-corrected chi connectivity index (χ3v) is 2.91. The topological polar surface area (TPSA) is 26.3 Å². The summed E-state index contributed by atoms with van der Waals surface area (Å²) in [7, 11) is 0. The van der Waals surface area contributed by atoms with Crippen LogP contribution in [0.2, 0.25) is 0 Å². The first-order valence-corrected chi connectivity index (χ1v) is 5.22. The molecule has 0 N–H and O–H groups in total. The molecule has 0 saturated carbocycles. The summed E-state index contributed by atoms with van der Waals surface area (Å²) < 4.78 is 5.42. The largest absolute Gasteiger partial charge is 0.490 e. The van der Waals surface area contributed by atoms with E-state index in [1.54, 1.807) is 0 Å². The Hall–Kier alpha value is -0.790. The number of hydrogen-bond acceptors (Lipinski definition) is 2. The van der Waals surface area contributed by atoms with Gasteiger partial charge in [-0.25, -0.2) is 0 Å². The molecule has 72 valence electrons. The first-order valence-electron chi connectivity index (χ1n) is 5.22. The van der Waals surface area contributed by atoms with Gasteiger partial charge >= 0.3 is 0 Å². The van der Waals surface area contributed by atoms with Crippen LogP contribution in [0, 0.1) is 5.92 Å². The zero-order valence-electron chi connectivity index (χ0n) is 8.14. The molecule has 1 atom stereocenters. The van der Waals surface area contributed by atoms with Crippen LogP contribution in [0.1, 0.15) is 39.0 Å². The van der Waals surface area contributed by atoms with Gasteiger partial charge < -0.3 is 4.74 Å². The summed E-state index contributed by atoms with van der Waals surface area (Å²) in [5, 5.41) is 0. The fourth-order valence-electron chi connectivity index (χ4n) is 2.27. The molecule has 0 saturated heterocycles. The van der Waals surface area contributed by atoms with Crippen molar-refractivity contribution in [1.29, 1.82) is 0 Å². The van der Waals surface area contributed by atoms with E-state index >= 15 is 0 Å². The first kappa shape index (κ1) is 8.79. The minimum atomic E-state index is 0.244. The van der Waals surface area contributed by atoms with Gasteiger partial charge in [0.25, 0.3) is 0 Å². The van der Waals surface area contributed by atoms with Gasteiger partial charge in [0, 0.05) is 5.92 Å². The second-order valence-corrected chi connectivity index (χ2v) is 3.94. The predicted octanol–water partition coefficient (Wildman–Crippen LogP) is 2.44. The van der Waals surface area contributed by atoms with E-state index in [4.69, 9.17) is 4.74 Å². The Morgan fingerprint density at radius 1 is 1.54 bits per heavy atom. The average Bonchev–Trinajstić information content (AvgIpc) is 2.46. The van der Waals surface area contributed by atoms with E-state index in [0.29, 0.717) is 0 Å². The molecule has 2 rings (SSSR count). The van der Waals surface area contributed by atoms with Crippen LogP contribution in [0.5, 0.6) is 0 Å². The lowest BCUT2D eigenvalue weighted by atomic mass is 9.98. The maximum Gasteiger partial charge on any atom is 0.200 e. The molecule has 0 unspecified atom stereocenters. The zero-order chi connectivity index (χ0) is 9.26. The lowest BCUT2D eigenvalue weighted by Crippen LogP contribution is -2.13. The highest BCUT2D eigenvalue weighted by molar-refractivity contribution is 5.98. The van der Waals surface area contributed by atoms with Gasteiger partial charge in [-0.1, -0.05) is 13.3 Å². The minimum absolute atomic E-state index is 0.244. The summed E-state index contributed by atoms with van der Waals surface area (Å²) in [4.78, 5) is 11.7. The standard InChI is InChI=1S/C11H16O2/c1-2-4-8-7-9-5-3-6-13-11(9)10(8)12/h8H,2-7H2,1H3/t8-/m1/s1. The van der Waals surface area contributed by atoms with Gasteiger partial charge in [0.2, 0.25) is 5.78 Å². The molecule has 1 heterocycles. The van der Waals surface area contributed by atoms with Gasteiger partial charge in [-0.2, -0.15) is 0 Å². The molecule has 0 fully saturated rings. The number of carbonyl (C=O) groups excluding carboxylic acids is 1. The van der Waals surface area contributed by atoms with Crippen molar-refractivity contribution in [2.24, 2.45) is 5.92 Å². The number of ketones is 1. The molecule has 0 bridgehead atoms. The van der Waals surface area contributed by atoms with Crippen molar-refractivity contribution in [3.8, 4) is 0 Å². The molecule has 1 aliphatic carbocycles. The molecule has 13 heavy (non-hydrogen) atoms. The Bertz CT molecular complexity index is 253. The van der Waals surface area contributed by atoms with Crippen LogP contribution >= 0.6 is 0 Å². The van der Waals surface area contributed by atoms with Crippen LogP contribution in [-0.4, -0.2) is 12.4 Å². The van der Waals surface area contributed by atoms with Gasteiger partial charge in [0.05, 0.1) is 6.61 Å². The summed E-state index contributed by atoms with van der Waals surface area (Å²) in [6.45, 7) is 2.87. The zero-order valence-corrected chi connectivity index (χ0v) is 8.14. The summed E-state index contributed by atoms with van der Waals surface area (Å²) in [5.41, 5.74) is 1.29. The van der Waals surface area contributed by atoms with E-state index in [2.05, 4.69) is 6.92 Å². The highest BCUT2D eigenvalue weighted by atomic mass is 16.5. The second-order valence-electron chi connectivity index (χ2n) is 3.94. The minimum Gasteiger partial charge on any atom is -0.490 e. The number of ether oxygens (including phenoxy) is 1. The van der Waals surface area contributed by atoms with E-state index in [0.717, 1.165) is 44.5 Å². The first-order chi connectivity index (χ1) is 6.33. The van der Waals surface area contributed by atoms with Crippen LogP contribution in [0.4, 0.5) is 0 Å². The Morgan fingerprint density at radius 2 is 2.38 bits per heavy atom. The van der Waals surface area contributed by atoms with Crippen LogP contribution < -0.4 is 0 Å². The van der Waals surface area contributed by atoms with Crippen molar-refractivity contribution in [2.45, 2.75) is 39.0 Å². The average molecular weight is 180 g/mol. The van der Waals surface area contributed by atoms with Gasteiger partial charge in [-0.3, -0.25) is 4.79 Å². The van der Waals surface area contributed by atoms with Crippen LogP contribution in [0.25, 0.3) is 0 Å². The van der Waals surface area contributed by atoms with Crippen molar-refractivity contribution in [1.82, 2.24) is 0 Å². The van der Waals surface area contributed by atoms with Gasteiger partial charge in [-0.15, -0.1) is 0 Å². The molecule has 0 aromatic carbocycles. The third kappa shape index (κ3) is 1.50. The molecular formula is C11H16O2. The monoisotopic (exact) mass is 180 g/mol. The highest BCUT2D eigenvalue weighted by Gasteiger charge is 2.34. The smallest absolute Gasteiger partial charge is 0.200 e. The predicted molar refractivity (Wildman–Crippen MR) is 50.2 cm³/mol. The molecule has 2 heteroatoms. The maximum absolute atomic E-state index is 11.7. The van der Waals surface area contributed by atoms with Gasteiger partial charge in [-0.05, 0) is 31.3 Å². The van der Waals surface area contributed by atoms with Gasteiger partial charge in [0.1, 0.15) is 0 Å². The number of Topliss-reactive ketones (excluding diaryl/α,β-unsaturated/α-hetero) is 1. The fourth-order valence-corrected chi connectivity index (χ4v) is 2.27. The molecular weight excluding hydrogens is 164 g/mol. The molecule has 0 radical (unpaired) electrons. The van der Waals surface area contributed by atoms with E-state index in [1.165, 1.54) is 5.57 Å². The van der Waals surface area contributed by atoms with E-state index in [-0.39, 0.29) is 11.7 Å². The van der Waals surface area contributed by atoms with Gasteiger partial charge in [0.15, 0.2) is 5.76 Å².